The van der Waals surface area contributed by atoms with E-state index in [1.165, 1.54) is 49.7 Å². The quantitative estimate of drug-likeness (QED) is 0.343. The molecule has 2 aliphatic rings. The Bertz CT molecular complexity index is 1430. The van der Waals surface area contributed by atoms with E-state index >= 15 is 0 Å². The van der Waals surface area contributed by atoms with Gasteiger partial charge in [0.15, 0.2) is 0 Å². The first-order valence-electron chi connectivity index (χ1n) is 13.0. The molecule has 2 saturated heterocycles. The van der Waals surface area contributed by atoms with Crippen LogP contribution in [0.3, 0.4) is 0 Å². The first kappa shape index (κ1) is 26.9. The van der Waals surface area contributed by atoms with Gasteiger partial charge in [-0.1, -0.05) is 24.1 Å². The van der Waals surface area contributed by atoms with Crippen LogP contribution in [-0.2, 0) is 9.53 Å². The van der Waals surface area contributed by atoms with Crippen LogP contribution in [0.25, 0.3) is 10.9 Å². The number of halogens is 2. The SMILES string of the molecule is N#Cc1cnc2c(NC(=O)/C=C/CN3CCCCC3)c(O[C@H]3CCOC3)ccc2c1Nc1ccc(F)c(Cl)c1. The van der Waals surface area contributed by atoms with Crippen LogP contribution in [0.5, 0.6) is 5.75 Å². The number of carbonyl (C=O) groups is 1. The number of fused-ring (bicyclic) bond motifs is 1. The van der Waals surface area contributed by atoms with Crippen molar-refractivity contribution >= 4 is 45.5 Å². The van der Waals surface area contributed by atoms with Gasteiger partial charge in [0.05, 0.1) is 35.0 Å². The summed E-state index contributed by atoms with van der Waals surface area (Å²) in [5, 5.41) is 16.4. The largest absolute Gasteiger partial charge is 0.486 e. The highest BCUT2D eigenvalue weighted by Gasteiger charge is 2.22. The minimum Gasteiger partial charge on any atom is -0.486 e. The molecule has 2 aliphatic heterocycles. The second-order valence-electron chi connectivity index (χ2n) is 9.60. The third-order valence-electron chi connectivity index (χ3n) is 6.82. The number of hydrogen-bond donors (Lipinski definition) is 2. The number of nitrogens with one attached hydrogen (secondary N) is 2. The summed E-state index contributed by atoms with van der Waals surface area (Å²) in [6.07, 6.45) is 9.02. The maximum absolute atomic E-state index is 13.7. The standard InChI is InChI=1S/C29H29ClFN5O3/c30-23-15-20(6-8-24(23)31)34-27-19(16-32)17-33-28-22(27)7-9-25(39-21-10-14-38-18-21)29(28)35-26(37)5-4-13-36-11-2-1-3-12-36/h4-9,15,17,21H,1-3,10-14,18H2,(H,33,34)(H,35,37)/b5-4+/t21-/m0/s1. The van der Waals surface area contributed by atoms with E-state index in [0.717, 1.165) is 19.5 Å². The van der Waals surface area contributed by atoms with E-state index in [4.69, 9.17) is 21.1 Å². The minimum absolute atomic E-state index is 0.0457. The molecule has 2 N–H and O–H groups in total. The molecule has 39 heavy (non-hydrogen) atoms. The van der Waals surface area contributed by atoms with Crippen LogP contribution in [0.4, 0.5) is 21.5 Å². The third-order valence-corrected chi connectivity index (χ3v) is 7.11. The molecule has 1 amide bonds. The number of aromatic nitrogens is 1. The fraction of sp³-hybridized carbons (Fsp3) is 0.345. The van der Waals surface area contributed by atoms with Crippen molar-refractivity contribution in [3.8, 4) is 11.8 Å². The molecule has 202 valence electrons. The Labute approximate surface area is 231 Å². The third kappa shape index (κ3) is 6.48. The van der Waals surface area contributed by atoms with Crippen molar-refractivity contribution in [2.75, 3.05) is 43.5 Å². The monoisotopic (exact) mass is 549 g/mol. The molecule has 8 nitrogen and oxygen atoms in total. The maximum atomic E-state index is 13.7. The molecule has 1 atom stereocenters. The van der Waals surface area contributed by atoms with E-state index in [-0.39, 0.29) is 22.6 Å². The van der Waals surface area contributed by atoms with E-state index in [0.29, 0.717) is 53.5 Å². The highest BCUT2D eigenvalue weighted by Crippen LogP contribution is 2.39. The highest BCUT2D eigenvalue weighted by atomic mass is 35.5. The molecule has 3 heterocycles. The van der Waals surface area contributed by atoms with Crippen LogP contribution in [0, 0.1) is 17.1 Å². The van der Waals surface area contributed by atoms with E-state index in [2.05, 4.69) is 26.6 Å². The lowest BCUT2D eigenvalue weighted by atomic mass is 10.1. The Morgan fingerprint density at radius 3 is 2.85 bits per heavy atom. The van der Waals surface area contributed by atoms with Gasteiger partial charge in [0.25, 0.3) is 0 Å². The van der Waals surface area contributed by atoms with Gasteiger partial charge in [0, 0.05) is 36.3 Å². The lowest BCUT2D eigenvalue weighted by Gasteiger charge is -2.24. The Morgan fingerprint density at radius 1 is 1.26 bits per heavy atom. The Kier molecular flexibility index (Phi) is 8.57. The van der Waals surface area contributed by atoms with Crippen molar-refractivity contribution in [3.63, 3.8) is 0 Å². The normalized spacial score (nSPS) is 17.8. The molecular weight excluding hydrogens is 521 g/mol. The van der Waals surface area contributed by atoms with E-state index in [1.54, 1.807) is 12.1 Å². The van der Waals surface area contributed by atoms with Gasteiger partial charge in [0.2, 0.25) is 5.91 Å². The van der Waals surface area contributed by atoms with Gasteiger partial charge in [-0.25, -0.2) is 4.39 Å². The van der Waals surface area contributed by atoms with Crippen LogP contribution in [0.1, 0.15) is 31.2 Å². The Morgan fingerprint density at radius 2 is 2.10 bits per heavy atom. The number of piperidine rings is 1. The number of amides is 1. The maximum Gasteiger partial charge on any atom is 0.248 e. The summed E-state index contributed by atoms with van der Waals surface area (Å²) in [7, 11) is 0. The second-order valence-corrected chi connectivity index (χ2v) is 10.0. The number of hydrogen-bond acceptors (Lipinski definition) is 7. The van der Waals surface area contributed by atoms with E-state index in [9.17, 15) is 14.4 Å². The van der Waals surface area contributed by atoms with Gasteiger partial charge in [-0.3, -0.25) is 14.7 Å². The molecule has 0 spiro atoms. The van der Waals surface area contributed by atoms with Crippen LogP contribution in [0.2, 0.25) is 5.02 Å². The first-order valence-corrected chi connectivity index (χ1v) is 13.4. The van der Waals surface area contributed by atoms with Crippen molar-refractivity contribution in [2.24, 2.45) is 0 Å². The Balaban J connectivity index is 1.49. The van der Waals surface area contributed by atoms with Crippen molar-refractivity contribution in [1.29, 1.82) is 5.26 Å². The van der Waals surface area contributed by atoms with Crippen molar-refractivity contribution in [2.45, 2.75) is 31.8 Å². The minimum atomic E-state index is -0.543. The summed E-state index contributed by atoms with van der Waals surface area (Å²) < 4.78 is 25.4. The zero-order chi connectivity index (χ0) is 27.2. The van der Waals surface area contributed by atoms with Gasteiger partial charge in [-0.2, -0.15) is 5.26 Å². The second kappa shape index (κ2) is 12.4. The fourth-order valence-corrected chi connectivity index (χ4v) is 4.99. The predicted molar refractivity (Wildman–Crippen MR) is 149 cm³/mol. The van der Waals surface area contributed by atoms with Crippen molar-refractivity contribution < 1.29 is 18.7 Å². The average molecular weight is 550 g/mol. The number of pyridine rings is 1. The lowest BCUT2D eigenvalue weighted by Crippen LogP contribution is -2.29. The van der Waals surface area contributed by atoms with E-state index in [1.807, 2.05) is 6.08 Å². The molecule has 1 aromatic heterocycles. The summed E-state index contributed by atoms with van der Waals surface area (Å²) in [6.45, 7) is 3.86. The van der Waals surface area contributed by atoms with Gasteiger partial charge >= 0.3 is 0 Å². The van der Waals surface area contributed by atoms with Gasteiger partial charge in [-0.05, 0) is 56.3 Å². The van der Waals surface area contributed by atoms with E-state index < -0.39 is 5.82 Å². The average Bonchev–Trinajstić information content (AvgIpc) is 3.46. The molecule has 0 bridgehead atoms. The molecule has 0 radical (unpaired) electrons. The Hall–Kier alpha value is -3.71. The molecule has 0 unspecified atom stereocenters. The van der Waals surface area contributed by atoms with Gasteiger partial charge < -0.3 is 20.1 Å². The van der Waals surface area contributed by atoms with Crippen molar-refractivity contribution in [1.82, 2.24) is 9.88 Å². The molecule has 2 fully saturated rings. The summed E-state index contributed by atoms with van der Waals surface area (Å²) in [5.74, 6) is -0.389. The molecule has 5 rings (SSSR count). The zero-order valence-electron chi connectivity index (χ0n) is 21.4. The predicted octanol–water partition coefficient (Wildman–Crippen LogP) is 5.79. The summed E-state index contributed by atoms with van der Waals surface area (Å²) in [4.78, 5) is 19.9. The molecule has 3 aromatic rings. The number of nitriles is 1. The molecule has 10 heteroatoms. The number of rotatable bonds is 8. The summed E-state index contributed by atoms with van der Waals surface area (Å²) in [5.41, 5.74) is 2.08. The number of ether oxygens (including phenoxy) is 2. The van der Waals surface area contributed by atoms with Gasteiger partial charge in [0.1, 0.15) is 29.4 Å². The van der Waals surface area contributed by atoms with Crippen LogP contribution < -0.4 is 15.4 Å². The highest BCUT2D eigenvalue weighted by molar-refractivity contribution is 6.31. The van der Waals surface area contributed by atoms with Crippen LogP contribution >= 0.6 is 11.6 Å². The zero-order valence-corrected chi connectivity index (χ0v) is 22.1. The van der Waals surface area contributed by atoms with Gasteiger partial charge in [-0.15, -0.1) is 0 Å². The lowest BCUT2D eigenvalue weighted by molar-refractivity contribution is -0.111. The smallest absolute Gasteiger partial charge is 0.248 e. The molecular formula is C29H29ClFN5O3. The first-order chi connectivity index (χ1) is 19.0. The summed E-state index contributed by atoms with van der Waals surface area (Å²) >= 11 is 5.97. The fourth-order valence-electron chi connectivity index (χ4n) is 4.80. The number of likely N-dealkylation sites (tertiary alicyclic amines) is 1. The van der Waals surface area contributed by atoms with Crippen LogP contribution in [0.15, 0.2) is 48.7 Å². The number of carbonyl (C=O) groups excluding carboxylic acids is 1. The van der Waals surface area contributed by atoms with Crippen LogP contribution in [-0.4, -0.2) is 54.7 Å². The molecule has 0 aliphatic carbocycles. The molecule has 2 aromatic carbocycles. The number of benzene rings is 2. The molecule has 0 saturated carbocycles. The number of anilines is 3. The number of nitrogens with zero attached hydrogens (tertiary/aromatic N) is 3. The summed E-state index contributed by atoms with van der Waals surface area (Å²) in [6, 6.07) is 9.89. The topological polar surface area (TPSA) is 99.5 Å². The van der Waals surface area contributed by atoms with Crippen molar-refractivity contribution in [3.05, 3.63) is 65.1 Å².